The molecule has 0 radical (unpaired) electrons. The molecule has 0 fully saturated rings. The van der Waals surface area contributed by atoms with Crippen molar-refractivity contribution in [1.82, 2.24) is 15.0 Å². The van der Waals surface area contributed by atoms with Gasteiger partial charge in [0.1, 0.15) is 11.3 Å². The molecule has 0 aliphatic rings. The Morgan fingerprint density at radius 2 is 2.18 bits per heavy atom. The van der Waals surface area contributed by atoms with Crippen LogP contribution in [0.1, 0.15) is 18.2 Å². The van der Waals surface area contributed by atoms with Crippen molar-refractivity contribution in [3.63, 3.8) is 0 Å². The second kappa shape index (κ2) is 4.40. The molecule has 2 aromatic rings. The van der Waals surface area contributed by atoms with Crippen LogP contribution < -0.4 is 0 Å². The van der Waals surface area contributed by atoms with Gasteiger partial charge in [0, 0.05) is 12.1 Å². The van der Waals surface area contributed by atoms with Gasteiger partial charge in [-0.2, -0.15) is 0 Å². The highest BCUT2D eigenvalue weighted by Gasteiger charge is 2.32. The summed E-state index contributed by atoms with van der Waals surface area (Å²) in [5.74, 6) is 0. The number of nitrogens with zero attached hydrogens (tertiary/aromatic N) is 3. The van der Waals surface area contributed by atoms with Crippen molar-refractivity contribution < 1.29 is 5.11 Å². The minimum atomic E-state index is -1.21. The predicted molar refractivity (Wildman–Crippen MR) is 68.8 cm³/mol. The molecule has 4 nitrogen and oxygen atoms in total. The Balaban J connectivity index is 2.57. The van der Waals surface area contributed by atoms with Crippen molar-refractivity contribution in [2.24, 2.45) is 7.05 Å². The zero-order valence-corrected chi connectivity index (χ0v) is 11.7. The summed E-state index contributed by atoms with van der Waals surface area (Å²) in [5, 5.41) is 18.9. The fraction of sp³-hybridized carbons (Fsp3) is 0.273. The van der Waals surface area contributed by atoms with Crippen LogP contribution in [0.25, 0.3) is 0 Å². The number of hydrogen-bond acceptors (Lipinski definition) is 3. The highest BCUT2D eigenvalue weighted by Crippen LogP contribution is 2.33. The standard InChI is InChI=1S/C11H11BrClN3O/c1-11(17,7-4-3-5-8(13)6-7)9-10(12)14-15-16(9)2/h3-6,17H,1-2H3. The maximum atomic E-state index is 10.6. The lowest BCUT2D eigenvalue weighted by molar-refractivity contribution is 0.0921. The number of hydrogen-bond donors (Lipinski definition) is 1. The maximum absolute atomic E-state index is 10.6. The monoisotopic (exact) mass is 315 g/mol. The minimum Gasteiger partial charge on any atom is -0.379 e. The number of aliphatic hydroxyl groups is 1. The van der Waals surface area contributed by atoms with E-state index in [-0.39, 0.29) is 0 Å². The van der Waals surface area contributed by atoms with E-state index in [0.29, 0.717) is 20.9 Å². The van der Waals surface area contributed by atoms with Gasteiger partial charge >= 0.3 is 0 Å². The van der Waals surface area contributed by atoms with Crippen LogP contribution in [-0.4, -0.2) is 20.1 Å². The Morgan fingerprint density at radius 1 is 1.47 bits per heavy atom. The molecule has 1 atom stereocenters. The SMILES string of the molecule is Cn1nnc(Br)c1C(C)(O)c1cccc(Cl)c1. The molecule has 0 saturated carbocycles. The lowest BCUT2D eigenvalue weighted by atomic mass is 9.93. The first-order valence-electron chi connectivity index (χ1n) is 4.97. The Labute approximate surface area is 112 Å². The van der Waals surface area contributed by atoms with E-state index in [9.17, 15) is 5.11 Å². The summed E-state index contributed by atoms with van der Waals surface area (Å²) in [4.78, 5) is 0. The highest BCUT2D eigenvalue weighted by atomic mass is 79.9. The average molecular weight is 317 g/mol. The van der Waals surface area contributed by atoms with E-state index < -0.39 is 5.60 Å². The zero-order chi connectivity index (χ0) is 12.6. The summed E-state index contributed by atoms with van der Waals surface area (Å²) in [7, 11) is 1.73. The number of aryl methyl sites for hydroxylation is 1. The van der Waals surface area contributed by atoms with Gasteiger partial charge in [0.2, 0.25) is 0 Å². The first-order valence-corrected chi connectivity index (χ1v) is 6.14. The van der Waals surface area contributed by atoms with Gasteiger partial charge in [-0.05, 0) is 40.5 Å². The molecule has 17 heavy (non-hydrogen) atoms. The molecule has 0 spiro atoms. The second-order valence-corrected chi connectivity index (χ2v) is 5.12. The first-order chi connectivity index (χ1) is 7.93. The van der Waals surface area contributed by atoms with E-state index in [1.807, 2.05) is 6.07 Å². The number of benzene rings is 1. The van der Waals surface area contributed by atoms with Gasteiger partial charge in [-0.25, -0.2) is 4.68 Å². The van der Waals surface area contributed by atoms with Gasteiger partial charge in [0.25, 0.3) is 0 Å². The van der Waals surface area contributed by atoms with Crippen molar-refractivity contribution >= 4 is 27.5 Å². The molecule has 1 heterocycles. The molecule has 0 aliphatic carbocycles. The molecule has 1 N–H and O–H groups in total. The van der Waals surface area contributed by atoms with Gasteiger partial charge < -0.3 is 5.11 Å². The van der Waals surface area contributed by atoms with E-state index in [0.717, 1.165) is 0 Å². The molecule has 1 aromatic heterocycles. The summed E-state index contributed by atoms with van der Waals surface area (Å²) in [6, 6.07) is 7.09. The number of rotatable bonds is 2. The fourth-order valence-electron chi connectivity index (χ4n) is 1.78. The Hall–Kier alpha value is -0.910. The van der Waals surface area contributed by atoms with Crippen molar-refractivity contribution in [3.8, 4) is 0 Å². The van der Waals surface area contributed by atoms with Crippen LogP contribution in [0.3, 0.4) is 0 Å². The quantitative estimate of drug-likeness (QED) is 0.926. The molecular formula is C11H11BrClN3O. The summed E-state index contributed by atoms with van der Waals surface area (Å²) in [5.41, 5.74) is 0.0676. The molecule has 0 amide bonds. The number of halogens is 2. The summed E-state index contributed by atoms with van der Waals surface area (Å²) in [6.07, 6.45) is 0. The molecular weight excluding hydrogens is 305 g/mol. The Morgan fingerprint density at radius 3 is 2.71 bits per heavy atom. The van der Waals surface area contributed by atoms with Gasteiger partial charge in [-0.15, -0.1) is 5.10 Å². The van der Waals surface area contributed by atoms with Crippen LogP contribution >= 0.6 is 27.5 Å². The van der Waals surface area contributed by atoms with E-state index in [1.165, 1.54) is 4.68 Å². The maximum Gasteiger partial charge on any atom is 0.154 e. The van der Waals surface area contributed by atoms with E-state index in [2.05, 4.69) is 26.2 Å². The Bertz CT molecular complexity index is 534. The Kier molecular flexibility index (Phi) is 3.25. The molecule has 0 bridgehead atoms. The molecule has 1 aromatic carbocycles. The van der Waals surface area contributed by atoms with E-state index >= 15 is 0 Å². The third-order valence-electron chi connectivity index (χ3n) is 2.63. The summed E-state index contributed by atoms with van der Waals surface area (Å²) < 4.78 is 2.05. The van der Waals surface area contributed by atoms with Gasteiger partial charge in [0.15, 0.2) is 4.60 Å². The predicted octanol–water partition coefficient (Wildman–Crippen LogP) is 2.49. The van der Waals surface area contributed by atoms with Crippen LogP contribution in [-0.2, 0) is 12.6 Å². The van der Waals surface area contributed by atoms with Gasteiger partial charge in [-0.1, -0.05) is 28.9 Å². The lowest BCUT2D eigenvalue weighted by Gasteiger charge is -2.24. The normalized spacial score (nSPS) is 14.6. The third kappa shape index (κ3) is 2.22. The molecule has 6 heteroatoms. The summed E-state index contributed by atoms with van der Waals surface area (Å²) in [6.45, 7) is 1.68. The largest absolute Gasteiger partial charge is 0.379 e. The van der Waals surface area contributed by atoms with Crippen molar-refractivity contribution in [2.45, 2.75) is 12.5 Å². The average Bonchev–Trinajstić information content (AvgIpc) is 2.59. The van der Waals surface area contributed by atoms with Crippen LogP contribution in [0.2, 0.25) is 5.02 Å². The zero-order valence-electron chi connectivity index (χ0n) is 9.35. The van der Waals surface area contributed by atoms with Gasteiger partial charge in [0.05, 0.1) is 0 Å². The van der Waals surface area contributed by atoms with E-state index in [4.69, 9.17) is 11.6 Å². The molecule has 2 rings (SSSR count). The topological polar surface area (TPSA) is 50.9 Å². The lowest BCUT2D eigenvalue weighted by Crippen LogP contribution is -2.26. The summed E-state index contributed by atoms with van der Waals surface area (Å²) >= 11 is 9.21. The second-order valence-electron chi connectivity index (χ2n) is 3.94. The molecule has 0 saturated heterocycles. The number of aromatic nitrogens is 3. The van der Waals surface area contributed by atoms with Crippen molar-refractivity contribution in [2.75, 3.05) is 0 Å². The van der Waals surface area contributed by atoms with Crippen LogP contribution in [0.5, 0.6) is 0 Å². The van der Waals surface area contributed by atoms with Crippen molar-refractivity contribution in [3.05, 3.63) is 45.1 Å². The molecule has 90 valence electrons. The van der Waals surface area contributed by atoms with Crippen LogP contribution in [0.15, 0.2) is 28.9 Å². The van der Waals surface area contributed by atoms with Gasteiger partial charge in [-0.3, -0.25) is 0 Å². The first kappa shape index (κ1) is 12.5. The smallest absolute Gasteiger partial charge is 0.154 e. The molecule has 0 aliphatic heterocycles. The van der Waals surface area contributed by atoms with Crippen LogP contribution in [0, 0.1) is 0 Å². The highest BCUT2D eigenvalue weighted by molar-refractivity contribution is 9.10. The third-order valence-corrected chi connectivity index (χ3v) is 3.40. The van der Waals surface area contributed by atoms with Crippen molar-refractivity contribution in [1.29, 1.82) is 0 Å². The van der Waals surface area contributed by atoms with Crippen LogP contribution in [0.4, 0.5) is 0 Å². The molecule has 1 unspecified atom stereocenters. The minimum absolute atomic E-state index is 0.518. The fourth-order valence-corrected chi connectivity index (χ4v) is 2.68. The van der Waals surface area contributed by atoms with E-state index in [1.54, 1.807) is 32.2 Å².